The van der Waals surface area contributed by atoms with Crippen molar-refractivity contribution in [2.45, 2.75) is 52.5 Å². The average molecular weight is 257 g/mol. The lowest BCUT2D eigenvalue weighted by Crippen LogP contribution is -2.32. The maximum absolute atomic E-state index is 5.45. The highest BCUT2D eigenvalue weighted by Gasteiger charge is 2.35. The summed E-state index contributed by atoms with van der Waals surface area (Å²) in [6.45, 7) is 10.5. The average Bonchev–Trinajstić information content (AvgIpc) is 2.56. The summed E-state index contributed by atoms with van der Waals surface area (Å²) < 4.78 is 10.4. The SMILES string of the molecule is COCCOCCCCNC1CC(C)(C)CC1C. The van der Waals surface area contributed by atoms with Crippen LogP contribution in [0.25, 0.3) is 0 Å². The number of hydrogen-bond acceptors (Lipinski definition) is 3. The van der Waals surface area contributed by atoms with Gasteiger partial charge < -0.3 is 14.8 Å². The zero-order valence-corrected chi connectivity index (χ0v) is 12.6. The summed E-state index contributed by atoms with van der Waals surface area (Å²) in [7, 11) is 1.71. The molecule has 18 heavy (non-hydrogen) atoms. The molecule has 1 saturated carbocycles. The molecule has 0 spiro atoms. The molecule has 1 N–H and O–H groups in total. The third-order valence-corrected chi connectivity index (χ3v) is 3.89. The molecule has 0 aliphatic heterocycles. The monoisotopic (exact) mass is 257 g/mol. The summed E-state index contributed by atoms with van der Waals surface area (Å²) in [5.41, 5.74) is 0.528. The van der Waals surface area contributed by atoms with Gasteiger partial charge in [0.15, 0.2) is 0 Å². The van der Waals surface area contributed by atoms with Crippen LogP contribution >= 0.6 is 0 Å². The highest BCUT2D eigenvalue weighted by molar-refractivity contribution is 4.90. The zero-order chi connectivity index (χ0) is 13.4. The largest absolute Gasteiger partial charge is 0.382 e. The van der Waals surface area contributed by atoms with E-state index in [1.807, 2.05) is 0 Å². The van der Waals surface area contributed by atoms with Crippen molar-refractivity contribution in [3.63, 3.8) is 0 Å². The summed E-state index contributed by atoms with van der Waals surface area (Å²) in [6.07, 6.45) is 5.02. The van der Waals surface area contributed by atoms with Crippen LogP contribution in [0.2, 0.25) is 0 Å². The Labute approximate surface area is 113 Å². The fourth-order valence-corrected chi connectivity index (χ4v) is 3.03. The molecule has 0 bridgehead atoms. The van der Waals surface area contributed by atoms with Gasteiger partial charge in [0, 0.05) is 19.8 Å². The fraction of sp³-hybridized carbons (Fsp3) is 1.00. The molecule has 0 aromatic heterocycles. The predicted octanol–water partition coefficient (Wildman–Crippen LogP) is 2.84. The number of rotatable bonds is 9. The number of hydrogen-bond donors (Lipinski definition) is 1. The van der Waals surface area contributed by atoms with E-state index in [1.54, 1.807) is 7.11 Å². The van der Waals surface area contributed by atoms with Crippen molar-refractivity contribution in [1.29, 1.82) is 0 Å². The van der Waals surface area contributed by atoms with Gasteiger partial charge in [0.1, 0.15) is 0 Å². The molecule has 0 saturated heterocycles. The fourth-order valence-electron chi connectivity index (χ4n) is 3.03. The van der Waals surface area contributed by atoms with E-state index < -0.39 is 0 Å². The molecule has 108 valence electrons. The first-order chi connectivity index (χ1) is 8.55. The van der Waals surface area contributed by atoms with Crippen LogP contribution in [0.4, 0.5) is 0 Å². The lowest BCUT2D eigenvalue weighted by molar-refractivity contribution is 0.0687. The third kappa shape index (κ3) is 6.17. The smallest absolute Gasteiger partial charge is 0.0700 e. The van der Waals surface area contributed by atoms with E-state index in [0.717, 1.165) is 38.1 Å². The van der Waals surface area contributed by atoms with Gasteiger partial charge in [-0.1, -0.05) is 20.8 Å². The van der Waals surface area contributed by atoms with E-state index in [-0.39, 0.29) is 0 Å². The second-order valence-electron chi connectivity index (χ2n) is 6.42. The standard InChI is InChI=1S/C15H31NO2/c1-13-11-15(2,3)12-14(13)16-7-5-6-8-18-10-9-17-4/h13-14,16H,5-12H2,1-4H3. The summed E-state index contributed by atoms with van der Waals surface area (Å²) in [5.74, 6) is 0.818. The molecular weight excluding hydrogens is 226 g/mol. The maximum Gasteiger partial charge on any atom is 0.0700 e. The normalized spacial score (nSPS) is 26.7. The number of unbranched alkanes of at least 4 members (excludes halogenated alkanes) is 1. The van der Waals surface area contributed by atoms with Crippen LogP contribution in [-0.2, 0) is 9.47 Å². The van der Waals surface area contributed by atoms with Crippen molar-refractivity contribution in [3.8, 4) is 0 Å². The van der Waals surface area contributed by atoms with Crippen LogP contribution in [0, 0.1) is 11.3 Å². The molecule has 0 heterocycles. The molecule has 1 rings (SSSR count). The van der Waals surface area contributed by atoms with E-state index in [2.05, 4.69) is 26.1 Å². The highest BCUT2D eigenvalue weighted by Crippen LogP contribution is 2.40. The van der Waals surface area contributed by atoms with Gasteiger partial charge in [-0.15, -0.1) is 0 Å². The van der Waals surface area contributed by atoms with Crippen molar-refractivity contribution in [2.24, 2.45) is 11.3 Å². The van der Waals surface area contributed by atoms with Gasteiger partial charge in [0.05, 0.1) is 13.2 Å². The van der Waals surface area contributed by atoms with Crippen molar-refractivity contribution in [2.75, 3.05) is 33.5 Å². The predicted molar refractivity (Wildman–Crippen MR) is 75.9 cm³/mol. The van der Waals surface area contributed by atoms with Crippen molar-refractivity contribution < 1.29 is 9.47 Å². The van der Waals surface area contributed by atoms with Gasteiger partial charge in [-0.2, -0.15) is 0 Å². The summed E-state index contributed by atoms with van der Waals surface area (Å²) in [6, 6.07) is 0.717. The summed E-state index contributed by atoms with van der Waals surface area (Å²) >= 11 is 0. The second-order valence-corrected chi connectivity index (χ2v) is 6.42. The van der Waals surface area contributed by atoms with Crippen LogP contribution in [-0.4, -0.2) is 39.5 Å². The molecule has 0 radical (unpaired) electrons. The first kappa shape index (κ1) is 15.9. The maximum atomic E-state index is 5.45. The van der Waals surface area contributed by atoms with Crippen LogP contribution < -0.4 is 5.32 Å². The minimum absolute atomic E-state index is 0.528. The minimum Gasteiger partial charge on any atom is -0.382 e. The van der Waals surface area contributed by atoms with E-state index >= 15 is 0 Å². The van der Waals surface area contributed by atoms with Gasteiger partial charge in [-0.25, -0.2) is 0 Å². The number of ether oxygens (including phenoxy) is 2. The minimum atomic E-state index is 0.528. The molecule has 2 unspecified atom stereocenters. The zero-order valence-electron chi connectivity index (χ0n) is 12.6. The van der Waals surface area contributed by atoms with Crippen LogP contribution in [0.3, 0.4) is 0 Å². The van der Waals surface area contributed by atoms with Gasteiger partial charge in [-0.05, 0) is 43.6 Å². The van der Waals surface area contributed by atoms with Crippen molar-refractivity contribution >= 4 is 0 Å². The highest BCUT2D eigenvalue weighted by atomic mass is 16.5. The lowest BCUT2D eigenvalue weighted by atomic mass is 9.91. The summed E-state index contributed by atoms with van der Waals surface area (Å²) in [5, 5.41) is 3.71. The molecule has 1 aliphatic carbocycles. The Morgan fingerprint density at radius 2 is 1.89 bits per heavy atom. The van der Waals surface area contributed by atoms with Gasteiger partial charge >= 0.3 is 0 Å². The molecule has 0 amide bonds. The number of methoxy groups -OCH3 is 1. The lowest BCUT2D eigenvalue weighted by Gasteiger charge is -2.18. The molecular formula is C15H31NO2. The molecule has 3 nitrogen and oxygen atoms in total. The first-order valence-corrected chi connectivity index (χ1v) is 7.35. The molecule has 2 atom stereocenters. The Balaban J connectivity index is 1.95. The van der Waals surface area contributed by atoms with Gasteiger partial charge in [0.2, 0.25) is 0 Å². The third-order valence-electron chi connectivity index (χ3n) is 3.89. The Morgan fingerprint density at radius 1 is 1.11 bits per heavy atom. The Hall–Kier alpha value is -0.120. The first-order valence-electron chi connectivity index (χ1n) is 7.35. The molecule has 3 heteroatoms. The molecule has 0 aromatic carbocycles. The van der Waals surface area contributed by atoms with Gasteiger partial charge in [-0.3, -0.25) is 0 Å². The number of nitrogens with one attached hydrogen (secondary N) is 1. The molecule has 1 fully saturated rings. The van der Waals surface area contributed by atoms with Gasteiger partial charge in [0.25, 0.3) is 0 Å². The molecule has 0 aromatic rings. The Kier molecular flexibility index (Phi) is 7.20. The van der Waals surface area contributed by atoms with Crippen molar-refractivity contribution in [1.82, 2.24) is 5.32 Å². The van der Waals surface area contributed by atoms with E-state index in [9.17, 15) is 0 Å². The van der Waals surface area contributed by atoms with E-state index in [0.29, 0.717) is 12.0 Å². The summed E-state index contributed by atoms with van der Waals surface area (Å²) in [4.78, 5) is 0. The van der Waals surface area contributed by atoms with Crippen LogP contribution in [0.5, 0.6) is 0 Å². The Morgan fingerprint density at radius 3 is 2.50 bits per heavy atom. The second kappa shape index (κ2) is 8.13. The van der Waals surface area contributed by atoms with Crippen LogP contribution in [0.1, 0.15) is 46.5 Å². The quantitative estimate of drug-likeness (QED) is 0.644. The van der Waals surface area contributed by atoms with E-state index in [1.165, 1.54) is 19.3 Å². The van der Waals surface area contributed by atoms with E-state index in [4.69, 9.17) is 9.47 Å². The Bertz CT molecular complexity index is 219. The topological polar surface area (TPSA) is 30.5 Å². The van der Waals surface area contributed by atoms with Crippen molar-refractivity contribution in [3.05, 3.63) is 0 Å². The van der Waals surface area contributed by atoms with Crippen LogP contribution in [0.15, 0.2) is 0 Å². The molecule has 1 aliphatic rings.